The first-order valence-corrected chi connectivity index (χ1v) is 4.61. The molecule has 0 saturated heterocycles. The van der Waals surface area contributed by atoms with E-state index in [2.05, 4.69) is 6.58 Å². The van der Waals surface area contributed by atoms with Crippen molar-refractivity contribution < 1.29 is 9.90 Å². The molecule has 0 atom stereocenters. The van der Waals surface area contributed by atoms with Gasteiger partial charge in [-0.05, 0) is 6.92 Å². The average molecular weight is 192 g/mol. The highest BCUT2D eigenvalue weighted by molar-refractivity contribution is 5.98. The molecule has 0 amide bonds. The highest BCUT2D eigenvalue weighted by atomic mass is 16.3. The van der Waals surface area contributed by atoms with Crippen molar-refractivity contribution in [2.24, 2.45) is 0 Å². The van der Waals surface area contributed by atoms with E-state index in [1.165, 1.54) is 6.92 Å². The molecule has 1 aromatic rings. The van der Waals surface area contributed by atoms with Gasteiger partial charge in [0, 0.05) is 11.1 Å². The molecule has 2 heteroatoms. The third-order valence-electron chi connectivity index (χ3n) is 1.62. The molecule has 0 spiro atoms. The Hall–Kier alpha value is -1.57. The van der Waals surface area contributed by atoms with Crippen LogP contribution >= 0.6 is 0 Å². The van der Waals surface area contributed by atoms with Crippen molar-refractivity contribution in [1.29, 1.82) is 0 Å². The fraction of sp³-hybridized carbons (Fsp3) is 0.250. The van der Waals surface area contributed by atoms with E-state index < -0.39 is 0 Å². The number of benzene rings is 1. The Balaban J connectivity index is 0.000000791. The summed E-state index contributed by atoms with van der Waals surface area (Å²) in [4.78, 5) is 11.0. The van der Waals surface area contributed by atoms with Gasteiger partial charge in [0.05, 0.1) is 0 Å². The minimum Gasteiger partial charge on any atom is -0.508 e. The lowest BCUT2D eigenvalue weighted by Gasteiger charge is -2.03. The van der Waals surface area contributed by atoms with Gasteiger partial charge in [-0.3, -0.25) is 4.79 Å². The van der Waals surface area contributed by atoms with Gasteiger partial charge < -0.3 is 5.11 Å². The van der Waals surface area contributed by atoms with Crippen LogP contribution in [0.1, 0.15) is 36.7 Å². The zero-order valence-electron chi connectivity index (χ0n) is 8.87. The summed E-state index contributed by atoms with van der Waals surface area (Å²) in [7, 11) is 0. The van der Waals surface area contributed by atoms with Gasteiger partial charge in [0.25, 0.3) is 0 Å². The van der Waals surface area contributed by atoms with Crippen LogP contribution in [0.25, 0.3) is 5.76 Å². The molecule has 0 radical (unpaired) electrons. The molecule has 0 saturated carbocycles. The molecule has 1 aromatic carbocycles. The van der Waals surface area contributed by atoms with Gasteiger partial charge >= 0.3 is 0 Å². The summed E-state index contributed by atoms with van der Waals surface area (Å²) in [5, 5.41) is 9.11. The van der Waals surface area contributed by atoms with E-state index in [-0.39, 0.29) is 11.5 Å². The number of carbonyl (C=O) groups is 1. The fourth-order valence-corrected chi connectivity index (χ4v) is 1.04. The fourth-order valence-electron chi connectivity index (χ4n) is 1.04. The molecule has 0 aliphatic rings. The van der Waals surface area contributed by atoms with Crippen molar-refractivity contribution in [3.05, 3.63) is 42.0 Å². The second-order valence-corrected chi connectivity index (χ2v) is 2.55. The number of hydrogen-bond acceptors (Lipinski definition) is 2. The van der Waals surface area contributed by atoms with Crippen molar-refractivity contribution in [2.75, 3.05) is 0 Å². The Bertz CT molecular complexity index is 294. The van der Waals surface area contributed by atoms with Crippen LogP contribution in [-0.4, -0.2) is 10.9 Å². The Morgan fingerprint density at radius 3 is 1.93 bits per heavy atom. The SMILES string of the molecule is C=C(O)c1ccccc1C(C)=O.CC. The Morgan fingerprint density at radius 1 is 1.21 bits per heavy atom. The topological polar surface area (TPSA) is 37.3 Å². The molecular weight excluding hydrogens is 176 g/mol. The summed E-state index contributed by atoms with van der Waals surface area (Å²) < 4.78 is 0. The number of aliphatic hydroxyl groups is 1. The van der Waals surface area contributed by atoms with Gasteiger partial charge in [0.2, 0.25) is 0 Å². The number of rotatable bonds is 2. The molecule has 76 valence electrons. The first-order chi connectivity index (χ1) is 6.63. The lowest BCUT2D eigenvalue weighted by Crippen LogP contribution is -1.97. The minimum absolute atomic E-state index is 0.0687. The first-order valence-electron chi connectivity index (χ1n) is 4.61. The molecule has 0 aliphatic carbocycles. The normalized spacial score (nSPS) is 8.50. The Morgan fingerprint density at radius 2 is 1.64 bits per heavy atom. The van der Waals surface area contributed by atoms with E-state index in [0.717, 1.165) is 0 Å². The van der Waals surface area contributed by atoms with Gasteiger partial charge in [0.1, 0.15) is 5.76 Å². The highest BCUT2D eigenvalue weighted by Gasteiger charge is 2.06. The zero-order chi connectivity index (χ0) is 11.1. The zero-order valence-corrected chi connectivity index (χ0v) is 8.87. The number of ketones is 1. The number of hydrogen-bond donors (Lipinski definition) is 1. The van der Waals surface area contributed by atoms with E-state index >= 15 is 0 Å². The largest absolute Gasteiger partial charge is 0.508 e. The predicted octanol–water partition coefficient (Wildman–Crippen LogP) is 3.44. The van der Waals surface area contributed by atoms with E-state index in [0.29, 0.717) is 11.1 Å². The second kappa shape index (κ2) is 5.97. The molecule has 2 nitrogen and oxygen atoms in total. The second-order valence-electron chi connectivity index (χ2n) is 2.55. The maximum atomic E-state index is 11.0. The van der Waals surface area contributed by atoms with E-state index in [1.54, 1.807) is 24.3 Å². The Kier molecular flexibility index (Phi) is 5.30. The molecule has 0 aliphatic heterocycles. The quantitative estimate of drug-likeness (QED) is 0.575. The smallest absolute Gasteiger partial charge is 0.160 e. The van der Waals surface area contributed by atoms with Gasteiger partial charge in [-0.25, -0.2) is 0 Å². The third-order valence-corrected chi connectivity index (χ3v) is 1.62. The lowest BCUT2D eigenvalue weighted by atomic mass is 10.0. The molecule has 14 heavy (non-hydrogen) atoms. The molecule has 0 heterocycles. The number of aliphatic hydroxyl groups excluding tert-OH is 1. The molecule has 1 rings (SSSR count). The van der Waals surface area contributed by atoms with E-state index in [9.17, 15) is 4.79 Å². The maximum absolute atomic E-state index is 11.0. The van der Waals surface area contributed by atoms with Crippen LogP contribution in [0.4, 0.5) is 0 Å². The van der Waals surface area contributed by atoms with Crippen molar-refractivity contribution in [3.8, 4) is 0 Å². The third kappa shape index (κ3) is 3.05. The summed E-state index contributed by atoms with van der Waals surface area (Å²) in [6, 6.07) is 6.84. The van der Waals surface area contributed by atoms with Crippen molar-refractivity contribution in [1.82, 2.24) is 0 Å². The minimum atomic E-state index is -0.0687. The molecular formula is C12H16O2. The van der Waals surface area contributed by atoms with Crippen molar-refractivity contribution in [2.45, 2.75) is 20.8 Å². The number of carbonyl (C=O) groups excluding carboxylic acids is 1. The van der Waals surface area contributed by atoms with E-state index in [4.69, 9.17) is 5.11 Å². The average Bonchev–Trinajstić information content (AvgIpc) is 2.20. The van der Waals surface area contributed by atoms with Crippen molar-refractivity contribution in [3.63, 3.8) is 0 Å². The van der Waals surface area contributed by atoms with Gasteiger partial charge in [0.15, 0.2) is 5.78 Å². The molecule has 0 fully saturated rings. The van der Waals surface area contributed by atoms with E-state index in [1.807, 2.05) is 13.8 Å². The predicted molar refractivity (Wildman–Crippen MR) is 59.5 cm³/mol. The van der Waals surface area contributed by atoms with Gasteiger partial charge in [-0.15, -0.1) is 0 Å². The molecule has 0 unspecified atom stereocenters. The van der Waals surface area contributed by atoms with Gasteiger partial charge in [-0.2, -0.15) is 0 Å². The lowest BCUT2D eigenvalue weighted by molar-refractivity contribution is 0.101. The monoisotopic (exact) mass is 192 g/mol. The number of Topliss-reactive ketones (excluding diaryl/α,β-unsaturated/α-hetero) is 1. The van der Waals surface area contributed by atoms with Crippen LogP contribution in [0.15, 0.2) is 30.8 Å². The van der Waals surface area contributed by atoms with Crippen LogP contribution in [0.2, 0.25) is 0 Å². The van der Waals surface area contributed by atoms with Crippen molar-refractivity contribution >= 4 is 11.5 Å². The summed E-state index contributed by atoms with van der Waals surface area (Å²) in [5.41, 5.74) is 1.01. The van der Waals surface area contributed by atoms with Crippen LogP contribution in [0.3, 0.4) is 0 Å². The maximum Gasteiger partial charge on any atom is 0.160 e. The summed E-state index contributed by atoms with van der Waals surface area (Å²) in [6.07, 6.45) is 0. The highest BCUT2D eigenvalue weighted by Crippen LogP contribution is 2.15. The van der Waals surface area contributed by atoms with Crippen LogP contribution in [-0.2, 0) is 0 Å². The summed E-state index contributed by atoms with van der Waals surface area (Å²) in [5.74, 6) is -0.137. The molecule has 1 N–H and O–H groups in total. The first kappa shape index (κ1) is 12.4. The summed E-state index contributed by atoms with van der Waals surface area (Å²) >= 11 is 0. The van der Waals surface area contributed by atoms with Crippen LogP contribution in [0.5, 0.6) is 0 Å². The standard InChI is InChI=1S/C10H10O2.C2H6/c1-7(11)9-5-3-4-6-10(9)8(2)12;1-2/h3-6,11H,1H2,2H3;1-2H3. The molecule has 0 bridgehead atoms. The Labute approximate surface area is 84.9 Å². The van der Waals surface area contributed by atoms with Gasteiger partial charge in [-0.1, -0.05) is 44.7 Å². The van der Waals surface area contributed by atoms with Crippen LogP contribution < -0.4 is 0 Å². The molecule has 0 aromatic heterocycles. The summed E-state index contributed by atoms with van der Waals surface area (Å²) in [6.45, 7) is 8.83. The van der Waals surface area contributed by atoms with Crippen LogP contribution in [0, 0.1) is 0 Å².